The number of hydrogen-bond donors (Lipinski definition) is 2. The molecule has 170 valence electrons. The minimum Gasteiger partial charge on any atom is -0.273 e. The van der Waals surface area contributed by atoms with E-state index >= 15 is 0 Å². The highest BCUT2D eigenvalue weighted by Crippen LogP contribution is 2.12. The van der Waals surface area contributed by atoms with E-state index in [9.17, 15) is 9.59 Å². The Bertz CT molecular complexity index is 875. The van der Waals surface area contributed by atoms with Crippen molar-refractivity contribution < 1.29 is 9.59 Å². The van der Waals surface area contributed by atoms with Crippen LogP contribution in [-0.4, -0.2) is 23.2 Å². The molecule has 2 aromatic carbocycles. The van der Waals surface area contributed by atoms with Gasteiger partial charge in [0.05, 0.1) is 11.4 Å². The number of nitrogens with zero attached hydrogens (tertiary/aromatic N) is 2. The van der Waals surface area contributed by atoms with Gasteiger partial charge in [-0.2, -0.15) is 10.2 Å². The lowest BCUT2D eigenvalue weighted by atomic mass is 10.1. The number of hydrogen-bond acceptors (Lipinski definition) is 4. The molecule has 0 saturated carbocycles. The molecule has 0 heterocycles. The zero-order chi connectivity index (χ0) is 23.3. The molecule has 2 rings (SSSR count). The predicted molar refractivity (Wildman–Crippen MR) is 131 cm³/mol. The van der Waals surface area contributed by atoms with E-state index in [4.69, 9.17) is 23.2 Å². The van der Waals surface area contributed by atoms with E-state index in [0.717, 1.165) is 22.6 Å². The first-order valence-corrected chi connectivity index (χ1v) is 11.4. The summed E-state index contributed by atoms with van der Waals surface area (Å²) in [5, 5.41) is 9.74. The Labute approximate surface area is 199 Å². The van der Waals surface area contributed by atoms with Gasteiger partial charge in [0, 0.05) is 22.9 Å². The molecule has 2 aromatic rings. The number of halogens is 2. The maximum absolute atomic E-state index is 12.1. The topological polar surface area (TPSA) is 82.9 Å². The summed E-state index contributed by atoms with van der Waals surface area (Å²) in [5.74, 6) is -0.362. The molecule has 32 heavy (non-hydrogen) atoms. The fraction of sp³-hybridized carbons (Fsp3) is 0.333. The van der Waals surface area contributed by atoms with Crippen molar-refractivity contribution >= 4 is 46.4 Å². The summed E-state index contributed by atoms with van der Waals surface area (Å²) in [6.07, 6.45) is 3.11. The summed E-state index contributed by atoms with van der Waals surface area (Å²) in [6.45, 7) is 3.94. The molecule has 2 N–H and O–H groups in total. The third kappa shape index (κ3) is 8.81. The zero-order valence-corrected chi connectivity index (χ0v) is 19.8. The molecule has 0 saturated heterocycles. The molecular formula is C24H28Cl2N4O2. The predicted octanol–water partition coefficient (Wildman–Crippen LogP) is 5.71. The SMILES string of the molecule is CCC(=NNC(=O)CCCCC(=O)NN=C(CC)c1ccc(Cl)cc1)c1ccc(Cl)cc1. The van der Waals surface area contributed by atoms with Crippen molar-refractivity contribution in [3.05, 3.63) is 69.7 Å². The van der Waals surface area contributed by atoms with Crippen LogP contribution in [0.25, 0.3) is 0 Å². The van der Waals surface area contributed by atoms with Gasteiger partial charge in [-0.05, 0) is 61.1 Å². The fourth-order valence-electron chi connectivity index (χ4n) is 2.92. The Morgan fingerprint density at radius 2 is 1.03 bits per heavy atom. The molecule has 0 radical (unpaired) electrons. The monoisotopic (exact) mass is 474 g/mol. The number of nitrogens with one attached hydrogen (secondary N) is 2. The van der Waals surface area contributed by atoms with E-state index in [1.54, 1.807) is 24.3 Å². The van der Waals surface area contributed by atoms with Gasteiger partial charge in [0.2, 0.25) is 11.8 Å². The van der Waals surface area contributed by atoms with Gasteiger partial charge in [-0.1, -0.05) is 61.3 Å². The summed E-state index contributed by atoms with van der Waals surface area (Å²) in [5.41, 5.74) is 8.57. The molecule has 2 amide bonds. The van der Waals surface area contributed by atoms with Gasteiger partial charge in [-0.3, -0.25) is 9.59 Å². The Morgan fingerprint density at radius 3 is 1.34 bits per heavy atom. The van der Waals surface area contributed by atoms with Crippen LogP contribution in [0.1, 0.15) is 63.5 Å². The van der Waals surface area contributed by atoms with E-state index in [-0.39, 0.29) is 11.8 Å². The molecule has 0 bridgehead atoms. The summed E-state index contributed by atoms with van der Waals surface area (Å²) >= 11 is 11.8. The van der Waals surface area contributed by atoms with Crippen molar-refractivity contribution in [2.24, 2.45) is 10.2 Å². The Hall–Kier alpha value is -2.70. The molecule has 0 aliphatic rings. The normalized spacial score (nSPS) is 11.9. The summed E-state index contributed by atoms with van der Waals surface area (Å²) < 4.78 is 0. The van der Waals surface area contributed by atoms with Crippen molar-refractivity contribution in [1.82, 2.24) is 10.9 Å². The number of carbonyl (C=O) groups is 2. The number of carbonyl (C=O) groups excluding carboxylic acids is 2. The third-order valence-corrected chi connectivity index (χ3v) is 5.22. The first-order valence-electron chi connectivity index (χ1n) is 10.7. The number of rotatable bonds is 11. The number of hydrazone groups is 2. The standard InChI is InChI=1S/C24H28Cl2N4O2/c1-3-21(17-9-13-19(25)14-10-17)27-29-23(31)7-5-6-8-24(32)30-28-22(4-2)18-11-15-20(26)16-12-18/h9-16H,3-8H2,1-2H3,(H,29,31)(H,30,32). The molecule has 8 heteroatoms. The van der Waals surface area contributed by atoms with Crippen LogP contribution in [0, 0.1) is 0 Å². The molecule has 0 fully saturated rings. The smallest absolute Gasteiger partial charge is 0.240 e. The van der Waals surface area contributed by atoms with Crippen molar-refractivity contribution in [2.45, 2.75) is 52.4 Å². The molecular weight excluding hydrogens is 447 g/mol. The molecule has 0 aliphatic carbocycles. The summed E-state index contributed by atoms with van der Waals surface area (Å²) in [7, 11) is 0. The van der Waals surface area contributed by atoms with Gasteiger partial charge in [-0.25, -0.2) is 10.9 Å². The lowest BCUT2D eigenvalue weighted by Crippen LogP contribution is -2.21. The fourth-order valence-corrected chi connectivity index (χ4v) is 3.17. The highest BCUT2D eigenvalue weighted by Gasteiger charge is 2.07. The molecule has 0 atom stereocenters. The van der Waals surface area contributed by atoms with Crippen LogP contribution in [0.15, 0.2) is 58.7 Å². The van der Waals surface area contributed by atoms with E-state index in [1.807, 2.05) is 38.1 Å². The van der Waals surface area contributed by atoms with E-state index in [0.29, 0.717) is 48.6 Å². The second-order valence-corrected chi connectivity index (χ2v) is 7.99. The van der Waals surface area contributed by atoms with Gasteiger partial charge in [-0.15, -0.1) is 0 Å². The van der Waals surface area contributed by atoms with Crippen LogP contribution in [0.2, 0.25) is 10.0 Å². The summed E-state index contributed by atoms with van der Waals surface area (Å²) in [4.78, 5) is 24.1. The Morgan fingerprint density at radius 1 is 0.688 bits per heavy atom. The van der Waals surface area contributed by atoms with Gasteiger partial charge in [0.1, 0.15) is 0 Å². The van der Waals surface area contributed by atoms with Crippen molar-refractivity contribution in [1.29, 1.82) is 0 Å². The highest BCUT2D eigenvalue weighted by atomic mass is 35.5. The second-order valence-electron chi connectivity index (χ2n) is 7.11. The maximum atomic E-state index is 12.1. The van der Waals surface area contributed by atoms with Crippen molar-refractivity contribution in [2.75, 3.05) is 0 Å². The quantitative estimate of drug-likeness (QED) is 0.248. The van der Waals surface area contributed by atoms with Crippen LogP contribution in [0.4, 0.5) is 0 Å². The van der Waals surface area contributed by atoms with E-state index in [1.165, 1.54) is 0 Å². The number of benzene rings is 2. The molecule has 6 nitrogen and oxygen atoms in total. The zero-order valence-electron chi connectivity index (χ0n) is 18.3. The lowest BCUT2D eigenvalue weighted by molar-refractivity contribution is -0.123. The summed E-state index contributed by atoms with van der Waals surface area (Å²) in [6, 6.07) is 14.6. The van der Waals surface area contributed by atoms with Crippen molar-refractivity contribution in [3.8, 4) is 0 Å². The van der Waals surface area contributed by atoms with E-state index < -0.39 is 0 Å². The van der Waals surface area contributed by atoms with Crippen LogP contribution in [0.3, 0.4) is 0 Å². The average molecular weight is 475 g/mol. The molecule has 0 aliphatic heterocycles. The lowest BCUT2D eigenvalue weighted by Gasteiger charge is -2.06. The maximum Gasteiger partial charge on any atom is 0.240 e. The average Bonchev–Trinajstić information content (AvgIpc) is 2.79. The minimum atomic E-state index is -0.181. The number of amides is 2. The van der Waals surface area contributed by atoms with Gasteiger partial charge in [0.25, 0.3) is 0 Å². The Kier molecular flexibility index (Phi) is 10.9. The van der Waals surface area contributed by atoms with Crippen LogP contribution >= 0.6 is 23.2 Å². The third-order valence-electron chi connectivity index (χ3n) is 4.71. The minimum absolute atomic E-state index is 0.181. The Balaban J connectivity index is 1.72. The van der Waals surface area contributed by atoms with E-state index in [2.05, 4.69) is 21.1 Å². The van der Waals surface area contributed by atoms with Gasteiger partial charge >= 0.3 is 0 Å². The molecule has 0 aromatic heterocycles. The molecule has 0 spiro atoms. The van der Waals surface area contributed by atoms with Gasteiger partial charge in [0.15, 0.2) is 0 Å². The first kappa shape index (κ1) is 25.6. The van der Waals surface area contributed by atoms with Crippen LogP contribution in [-0.2, 0) is 9.59 Å². The second kappa shape index (κ2) is 13.7. The largest absolute Gasteiger partial charge is 0.273 e. The van der Waals surface area contributed by atoms with Crippen LogP contribution in [0.5, 0.6) is 0 Å². The van der Waals surface area contributed by atoms with Crippen LogP contribution < -0.4 is 10.9 Å². The van der Waals surface area contributed by atoms with Gasteiger partial charge < -0.3 is 0 Å². The first-order chi connectivity index (χ1) is 15.4. The number of unbranched alkanes of at least 4 members (excludes halogenated alkanes) is 1. The molecule has 0 unspecified atom stereocenters. The van der Waals surface area contributed by atoms with Crippen molar-refractivity contribution in [3.63, 3.8) is 0 Å². The highest BCUT2D eigenvalue weighted by molar-refractivity contribution is 6.31.